The Bertz CT molecular complexity index is 972. The molecule has 0 aliphatic heterocycles. The fraction of sp³-hybridized carbons (Fsp3) is 0.320. The number of carbonyl (C=O) groups excluding carboxylic acids is 1. The predicted molar refractivity (Wildman–Crippen MR) is 121 cm³/mol. The fourth-order valence-corrected chi connectivity index (χ4v) is 3.78. The zero-order chi connectivity index (χ0) is 21.7. The van der Waals surface area contributed by atoms with Crippen LogP contribution in [0.25, 0.3) is 11.6 Å². The van der Waals surface area contributed by atoms with Crippen molar-refractivity contribution >= 4 is 23.1 Å². The van der Waals surface area contributed by atoms with E-state index >= 15 is 0 Å². The van der Waals surface area contributed by atoms with E-state index in [4.69, 9.17) is 4.74 Å². The van der Waals surface area contributed by atoms with Gasteiger partial charge in [-0.2, -0.15) is 0 Å². The molecule has 0 bridgehead atoms. The quantitative estimate of drug-likeness (QED) is 0.509. The van der Waals surface area contributed by atoms with Gasteiger partial charge in [0.2, 0.25) is 0 Å². The number of nitrogens with zero attached hydrogens (tertiary/aromatic N) is 1. The first-order chi connectivity index (χ1) is 14.5. The summed E-state index contributed by atoms with van der Waals surface area (Å²) in [7, 11) is 5.40. The Balaban J connectivity index is 1.99. The SMILES string of the molecule is COc1cc(CO)c(C2=CCCCC2)c(O)c1C(=O)/C=C/c1ccc(N(C)C)cc1. The summed E-state index contributed by atoms with van der Waals surface area (Å²) in [4.78, 5) is 15.0. The number of aliphatic hydroxyl groups excluding tert-OH is 1. The molecule has 5 heteroatoms. The van der Waals surface area contributed by atoms with Crippen LogP contribution in [0.5, 0.6) is 11.5 Å². The van der Waals surface area contributed by atoms with Crippen LogP contribution in [0.4, 0.5) is 5.69 Å². The maximum Gasteiger partial charge on any atom is 0.193 e. The van der Waals surface area contributed by atoms with Gasteiger partial charge in [-0.05, 0) is 66.7 Å². The van der Waals surface area contributed by atoms with Crippen molar-refractivity contribution in [2.75, 3.05) is 26.1 Å². The van der Waals surface area contributed by atoms with E-state index < -0.39 is 0 Å². The van der Waals surface area contributed by atoms with Crippen molar-refractivity contribution in [3.63, 3.8) is 0 Å². The summed E-state index contributed by atoms with van der Waals surface area (Å²) in [5, 5.41) is 20.9. The maximum absolute atomic E-state index is 13.0. The Morgan fingerprint density at radius 3 is 2.50 bits per heavy atom. The highest BCUT2D eigenvalue weighted by Gasteiger charge is 2.24. The number of ether oxygens (including phenoxy) is 1. The third-order valence-corrected chi connectivity index (χ3v) is 5.43. The molecule has 158 valence electrons. The van der Waals surface area contributed by atoms with E-state index in [1.54, 1.807) is 12.1 Å². The van der Waals surface area contributed by atoms with E-state index in [1.165, 1.54) is 13.2 Å². The lowest BCUT2D eigenvalue weighted by Crippen LogP contribution is -2.08. The summed E-state index contributed by atoms with van der Waals surface area (Å²) in [5.74, 6) is -0.207. The number of aromatic hydroxyl groups is 1. The lowest BCUT2D eigenvalue weighted by Gasteiger charge is -2.20. The molecule has 1 aliphatic rings. The summed E-state index contributed by atoms with van der Waals surface area (Å²) in [6.45, 7) is -0.237. The molecule has 30 heavy (non-hydrogen) atoms. The van der Waals surface area contributed by atoms with Gasteiger partial charge in [0.15, 0.2) is 5.78 Å². The van der Waals surface area contributed by atoms with Crippen LogP contribution in [0, 0.1) is 0 Å². The van der Waals surface area contributed by atoms with E-state index in [-0.39, 0.29) is 29.5 Å². The maximum atomic E-state index is 13.0. The van der Waals surface area contributed by atoms with Crippen molar-refractivity contribution in [1.82, 2.24) is 0 Å². The molecule has 0 spiro atoms. The molecule has 0 aromatic heterocycles. The molecule has 0 amide bonds. The van der Waals surface area contributed by atoms with Gasteiger partial charge in [-0.3, -0.25) is 4.79 Å². The number of benzene rings is 2. The first-order valence-corrected chi connectivity index (χ1v) is 10.2. The highest BCUT2D eigenvalue weighted by atomic mass is 16.5. The smallest absolute Gasteiger partial charge is 0.193 e. The number of methoxy groups -OCH3 is 1. The lowest BCUT2D eigenvalue weighted by atomic mass is 9.87. The third kappa shape index (κ3) is 4.57. The molecule has 3 rings (SSSR count). The lowest BCUT2D eigenvalue weighted by molar-refractivity contribution is 0.104. The van der Waals surface area contributed by atoms with Gasteiger partial charge in [-0.15, -0.1) is 0 Å². The molecule has 0 atom stereocenters. The molecule has 1 aliphatic carbocycles. The average Bonchev–Trinajstić information content (AvgIpc) is 2.77. The number of ketones is 1. The summed E-state index contributed by atoms with van der Waals surface area (Å²) < 4.78 is 5.38. The highest BCUT2D eigenvalue weighted by Crippen LogP contribution is 2.41. The second-order valence-electron chi connectivity index (χ2n) is 7.65. The third-order valence-electron chi connectivity index (χ3n) is 5.43. The minimum Gasteiger partial charge on any atom is -0.506 e. The molecule has 0 heterocycles. The number of rotatable bonds is 7. The van der Waals surface area contributed by atoms with Crippen LogP contribution in [0.1, 0.15) is 52.7 Å². The molecule has 0 unspecified atom stereocenters. The van der Waals surface area contributed by atoms with Crippen LogP contribution in [0.15, 0.2) is 42.5 Å². The number of hydrogen-bond donors (Lipinski definition) is 2. The Morgan fingerprint density at radius 2 is 1.93 bits per heavy atom. The zero-order valence-corrected chi connectivity index (χ0v) is 17.8. The van der Waals surface area contributed by atoms with Crippen molar-refractivity contribution in [2.45, 2.75) is 32.3 Å². The van der Waals surface area contributed by atoms with Crippen molar-refractivity contribution < 1.29 is 19.7 Å². The number of anilines is 1. The Hall–Kier alpha value is -3.05. The van der Waals surface area contributed by atoms with E-state index in [2.05, 4.69) is 6.08 Å². The van der Waals surface area contributed by atoms with E-state index in [1.807, 2.05) is 43.3 Å². The number of phenols is 1. The van der Waals surface area contributed by atoms with Gasteiger partial charge in [0.25, 0.3) is 0 Å². The number of carbonyl (C=O) groups is 1. The van der Waals surface area contributed by atoms with Gasteiger partial charge in [0.1, 0.15) is 17.1 Å². The number of allylic oxidation sites excluding steroid dienone is 3. The molecule has 0 saturated carbocycles. The zero-order valence-electron chi connectivity index (χ0n) is 17.8. The standard InChI is InChI=1S/C25H29NO4/c1-26(2)20-12-9-17(10-13-20)11-14-21(28)24-22(30-3)15-19(16-27)23(25(24)29)18-7-5-4-6-8-18/h7,9-15,27,29H,4-6,8,16H2,1-3H3/b14-11+. The molecular formula is C25H29NO4. The van der Waals surface area contributed by atoms with E-state index in [0.717, 1.165) is 42.5 Å². The first kappa shape index (κ1) is 21.7. The van der Waals surface area contributed by atoms with Gasteiger partial charge in [-0.25, -0.2) is 0 Å². The van der Waals surface area contributed by atoms with Crippen molar-refractivity contribution in [3.8, 4) is 11.5 Å². The van der Waals surface area contributed by atoms with Crippen LogP contribution in [-0.4, -0.2) is 37.2 Å². The Labute approximate surface area is 177 Å². The molecule has 0 saturated heterocycles. The molecule has 2 N–H and O–H groups in total. The number of aliphatic hydroxyl groups is 1. The van der Waals surface area contributed by atoms with Crippen LogP contribution in [0.2, 0.25) is 0 Å². The monoisotopic (exact) mass is 407 g/mol. The number of phenolic OH excluding ortho intramolecular Hbond substituents is 1. The van der Waals surface area contributed by atoms with Gasteiger partial charge < -0.3 is 19.8 Å². The van der Waals surface area contributed by atoms with Crippen LogP contribution in [-0.2, 0) is 6.61 Å². The number of hydrogen-bond acceptors (Lipinski definition) is 5. The van der Waals surface area contributed by atoms with E-state index in [9.17, 15) is 15.0 Å². The summed E-state index contributed by atoms with van der Waals surface area (Å²) in [5.41, 5.74) is 4.18. The van der Waals surface area contributed by atoms with Gasteiger partial charge >= 0.3 is 0 Å². The van der Waals surface area contributed by atoms with Gasteiger partial charge in [0, 0.05) is 25.3 Å². The Morgan fingerprint density at radius 1 is 1.20 bits per heavy atom. The first-order valence-electron chi connectivity index (χ1n) is 10.2. The van der Waals surface area contributed by atoms with Crippen molar-refractivity contribution in [2.24, 2.45) is 0 Å². The molecule has 5 nitrogen and oxygen atoms in total. The second kappa shape index (κ2) is 9.63. The fourth-order valence-electron chi connectivity index (χ4n) is 3.78. The van der Waals surface area contributed by atoms with Gasteiger partial charge in [0.05, 0.1) is 13.7 Å². The summed E-state index contributed by atoms with van der Waals surface area (Å²) in [6, 6.07) is 9.47. The largest absolute Gasteiger partial charge is 0.506 e. The molecule has 0 radical (unpaired) electrons. The minimum atomic E-state index is -0.344. The summed E-state index contributed by atoms with van der Waals surface area (Å²) >= 11 is 0. The highest BCUT2D eigenvalue weighted by molar-refractivity contribution is 6.11. The van der Waals surface area contributed by atoms with Crippen molar-refractivity contribution in [3.05, 3.63) is 64.7 Å². The van der Waals surface area contributed by atoms with Crippen LogP contribution < -0.4 is 9.64 Å². The second-order valence-corrected chi connectivity index (χ2v) is 7.65. The van der Waals surface area contributed by atoms with Crippen molar-refractivity contribution in [1.29, 1.82) is 0 Å². The predicted octanol–water partition coefficient (Wildman–Crippen LogP) is 4.81. The average molecular weight is 408 g/mol. The minimum absolute atomic E-state index is 0.121. The van der Waals surface area contributed by atoms with E-state index in [0.29, 0.717) is 11.1 Å². The topological polar surface area (TPSA) is 70.0 Å². The normalized spacial score (nSPS) is 13.9. The summed E-state index contributed by atoms with van der Waals surface area (Å²) in [6.07, 6.45) is 9.12. The molecular weight excluding hydrogens is 378 g/mol. The molecule has 2 aromatic carbocycles. The van der Waals surface area contributed by atoms with Gasteiger partial charge in [-0.1, -0.05) is 24.3 Å². The molecule has 0 fully saturated rings. The molecule has 2 aromatic rings. The Kier molecular flexibility index (Phi) is 6.95. The van der Waals surface area contributed by atoms with Crippen LogP contribution in [0.3, 0.4) is 0 Å². The van der Waals surface area contributed by atoms with Crippen LogP contribution >= 0.6 is 0 Å².